The molecule has 0 aromatic carbocycles. The summed E-state index contributed by atoms with van der Waals surface area (Å²) >= 11 is 0. The average Bonchev–Trinajstić information content (AvgIpc) is 2.84. The quantitative estimate of drug-likeness (QED) is 0.433. The number of carboxylic acids is 1. The third-order valence-corrected chi connectivity index (χ3v) is 7.15. The van der Waals surface area contributed by atoms with E-state index in [1.54, 1.807) is 16.8 Å². The smallest absolute Gasteiger partial charge is 0.341 e. The van der Waals surface area contributed by atoms with Crippen LogP contribution < -0.4 is 5.43 Å². The Morgan fingerprint density at radius 3 is 2.56 bits per heavy atom. The Kier molecular flexibility index (Phi) is 12.0. The first-order valence-electron chi connectivity index (χ1n) is 13.5. The topological polar surface area (TPSA) is 105 Å². The Morgan fingerprint density at radius 1 is 1.22 bits per heavy atom. The van der Waals surface area contributed by atoms with Crippen LogP contribution in [0.25, 0.3) is 11.0 Å². The number of carboxylic acid groups (broad SMARTS) is 1. The van der Waals surface area contributed by atoms with Crippen molar-refractivity contribution in [2.45, 2.75) is 92.1 Å². The fourth-order valence-electron chi connectivity index (χ4n) is 5.15. The number of aryl methyl sites for hydroxylation is 2. The maximum atomic E-state index is 12.6. The summed E-state index contributed by atoms with van der Waals surface area (Å²) in [5, 5.41) is 19.5. The molecule has 8 heteroatoms. The molecule has 0 aliphatic carbocycles. The maximum Gasteiger partial charge on any atom is 0.341 e. The molecular formula is C28H45N3O5. The van der Waals surface area contributed by atoms with Crippen LogP contribution in [0.5, 0.6) is 0 Å². The first-order chi connectivity index (χ1) is 17.2. The number of nitrogens with zero attached hydrogens (tertiary/aromatic N) is 3. The Hall–Kier alpha value is -2.29. The molecule has 1 aliphatic heterocycles. The number of hydrogen-bond acceptors (Lipinski definition) is 6. The van der Waals surface area contributed by atoms with Crippen LogP contribution in [-0.4, -0.2) is 63.2 Å². The van der Waals surface area contributed by atoms with Crippen LogP contribution in [-0.2, 0) is 17.7 Å². The number of unbranched alkanes of at least 4 members (excludes halogenated alkanes) is 1. The van der Waals surface area contributed by atoms with Crippen LogP contribution in [0.3, 0.4) is 0 Å². The number of rotatable bonds is 11. The lowest BCUT2D eigenvalue weighted by atomic mass is 9.81. The van der Waals surface area contributed by atoms with Gasteiger partial charge in [0.25, 0.3) is 0 Å². The van der Waals surface area contributed by atoms with Gasteiger partial charge < -0.3 is 24.4 Å². The molecule has 8 nitrogen and oxygen atoms in total. The number of fused-ring (bicyclic) bond motifs is 1. The Morgan fingerprint density at radius 2 is 1.92 bits per heavy atom. The highest BCUT2D eigenvalue weighted by atomic mass is 16.6. The lowest BCUT2D eigenvalue weighted by Crippen LogP contribution is -2.38. The van der Waals surface area contributed by atoms with Crippen molar-refractivity contribution in [2.24, 2.45) is 11.8 Å². The Balaban J connectivity index is 0.00000222. The minimum Gasteiger partial charge on any atom is -0.477 e. The third-order valence-electron chi connectivity index (χ3n) is 7.15. The van der Waals surface area contributed by atoms with Crippen LogP contribution in [0.4, 0.5) is 0 Å². The molecule has 1 saturated heterocycles. The summed E-state index contributed by atoms with van der Waals surface area (Å²) in [6.07, 6.45) is 8.51. The summed E-state index contributed by atoms with van der Waals surface area (Å²) in [5.74, 6) is -0.216. The predicted molar refractivity (Wildman–Crippen MR) is 143 cm³/mol. The molecule has 0 bridgehead atoms. The normalized spacial score (nSPS) is 21.9. The van der Waals surface area contributed by atoms with Gasteiger partial charge in [0.15, 0.2) is 6.29 Å². The van der Waals surface area contributed by atoms with E-state index >= 15 is 0 Å². The standard InChI is InChI=1S/C26H39N3O5.C2H6/c1-5-29-16-22(26(32)33)24(31)21-14-19(15-27-25(21)29)9-8-12-28(4)11-7-6-10-20-17(2)13-23(30)34-18(20)3;1-2/h14-18,20,23,30H,5-13H2,1-4H3,(H,32,33);1-2H3/t17?,18?,20-,23-;/m1./s1. The van der Waals surface area contributed by atoms with E-state index in [9.17, 15) is 19.8 Å². The van der Waals surface area contributed by atoms with Crippen molar-refractivity contribution in [1.29, 1.82) is 0 Å². The van der Waals surface area contributed by atoms with E-state index in [4.69, 9.17) is 4.74 Å². The van der Waals surface area contributed by atoms with Crippen molar-refractivity contribution < 1.29 is 19.7 Å². The van der Waals surface area contributed by atoms with E-state index in [2.05, 4.69) is 30.8 Å². The number of ether oxygens (including phenoxy) is 1. The van der Waals surface area contributed by atoms with Crippen molar-refractivity contribution in [2.75, 3.05) is 20.1 Å². The second-order valence-corrected chi connectivity index (χ2v) is 9.75. The van der Waals surface area contributed by atoms with Crippen molar-refractivity contribution in [1.82, 2.24) is 14.5 Å². The van der Waals surface area contributed by atoms with Crippen LogP contribution in [0.2, 0.25) is 0 Å². The van der Waals surface area contributed by atoms with Crippen LogP contribution in [0.1, 0.15) is 82.6 Å². The molecule has 3 rings (SSSR count). The van der Waals surface area contributed by atoms with E-state index in [1.165, 1.54) is 6.20 Å². The summed E-state index contributed by atoms with van der Waals surface area (Å²) < 4.78 is 7.31. The van der Waals surface area contributed by atoms with E-state index in [-0.39, 0.29) is 11.7 Å². The molecule has 1 fully saturated rings. The number of aromatic nitrogens is 2. The van der Waals surface area contributed by atoms with Gasteiger partial charge in [0.05, 0.1) is 11.5 Å². The number of aliphatic hydroxyl groups is 1. The highest BCUT2D eigenvalue weighted by Gasteiger charge is 2.32. The molecule has 1 aliphatic rings. The number of hydrogen-bond donors (Lipinski definition) is 2. The average molecular weight is 504 g/mol. The van der Waals surface area contributed by atoms with E-state index in [0.29, 0.717) is 29.4 Å². The maximum absolute atomic E-state index is 12.6. The van der Waals surface area contributed by atoms with Gasteiger partial charge in [0.2, 0.25) is 5.43 Å². The van der Waals surface area contributed by atoms with Gasteiger partial charge >= 0.3 is 5.97 Å². The van der Waals surface area contributed by atoms with Gasteiger partial charge in [-0.05, 0) is 83.1 Å². The molecule has 0 radical (unpaired) electrons. The highest BCUT2D eigenvalue weighted by Crippen LogP contribution is 2.33. The van der Waals surface area contributed by atoms with Crippen LogP contribution >= 0.6 is 0 Å². The number of aliphatic hydroxyl groups excluding tert-OH is 1. The molecule has 4 atom stereocenters. The molecular weight excluding hydrogens is 458 g/mol. The molecule has 2 aromatic rings. The van der Waals surface area contributed by atoms with Gasteiger partial charge in [-0.25, -0.2) is 9.78 Å². The van der Waals surface area contributed by atoms with Crippen molar-refractivity contribution in [3.63, 3.8) is 0 Å². The zero-order valence-corrected chi connectivity index (χ0v) is 22.9. The number of pyridine rings is 2. The van der Waals surface area contributed by atoms with Crippen LogP contribution in [0.15, 0.2) is 23.3 Å². The van der Waals surface area contributed by atoms with Crippen molar-refractivity contribution in [3.05, 3.63) is 39.8 Å². The summed E-state index contributed by atoms with van der Waals surface area (Å²) in [4.78, 5) is 30.9. The van der Waals surface area contributed by atoms with E-state index in [0.717, 1.165) is 57.2 Å². The zero-order chi connectivity index (χ0) is 26.8. The molecule has 2 N–H and O–H groups in total. The van der Waals surface area contributed by atoms with Gasteiger partial charge in [0, 0.05) is 25.4 Å². The first-order valence-corrected chi connectivity index (χ1v) is 13.5. The summed E-state index contributed by atoms with van der Waals surface area (Å²) in [6.45, 7) is 12.7. The number of carbonyl (C=O) groups is 1. The van der Waals surface area contributed by atoms with Gasteiger partial charge in [-0.1, -0.05) is 27.2 Å². The third kappa shape index (κ3) is 7.85. The SMILES string of the molecule is CC.CCn1cc(C(=O)O)c(=O)c2cc(CCCN(C)CCCC[C@@H]3C(C)C[C@H](O)OC3C)cnc21. The highest BCUT2D eigenvalue weighted by molar-refractivity contribution is 5.91. The summed E-state index contributed by atoms with van der Waals surface area (Å²) in [5.41, 5.74) is 0.790. The number of aromatic carboxylic acids is 1. The molecule has 0 spiro atoms. The van der Waals surface area contributed by atoms with Gasteiger partial charge in [0.1, 0.15) is 11.2 Å². The molecule has 36 heavy (non-hydrogen) atoms. The largest absolute Gasteiger partial charge is 0.477 e. The summed E-state index contributed by atoms with van der Waals surface area (Å²) in [6, 6.07) is 1.80. The second-order valence-electron chi connectivity index (χ2n) is 9.75. The van der Waals surface area contributed by atoms with Crippen molar-refractivity contribution in [3.8, 4) is 0 Å². The summed E-state index contributed by atoms with van der Waals surface area (Å²) in [7, 11) is 2.13. The fraction of sp³-hybridized carbons (Fsp3) is 0.679. The minimum absolute atomic E-state index is 0.111. The molecule has 0 amide bonds. The molecule has 0 saturated carbocycles. The first kappa shape index (κ1) is 29.9. The van der Waals surface area contributed by atoms with Crippen molar-refractivity contribution >= 4 is 17.0 Å². The predicted octanol–water partition coefficient (Wildman–Crippen LogP) is 4.56. The second kappa shape index (κ2) is 14.4. The van der Waals surface area contributed by atoms with E-state index in [1.807, 2.05) is 20.8 Å². The molecule has 3 heterocycles. The van der Waals surface area contributed by atoms with Crippen LogP contribution in [0, 0.1) is 11.8 Å². The molecule has 2 aromatic heterocycles. The zero-order valence-electron chi connectivity index (χ0n) is 22.9. The van der Waals surface area contributed by atoms with Gasteiger partial charge in [-0.15, -0.1) is 0 Å². The van der Waals surface area contributed by atoms with Gasteiger partial charge in [-0.2, -0.15) is 0 Å². The molecule has 202 valence electrons. The molecule has 2 unspecified atom stereocenters. The van der Waals surface area contributed by atoms with E-state index < -0.39 is 17.7 Å². The monoisotopic (exact) mass is 503 g/mol. The van der Waals surface area contributed by atoms with Gasteiger partial charge in [-0.3, -0.25) is 4.79 Å². The fourth-order valence-corrected chi connectivity index (χ4v) is 5.15. The minimum atomic E-state index is -1.21. The Labute approximate surface area is 215 Å². The Bertz CT molecular complexity index is 1030. The lowest BCUT2D eigenvalue weighted by molar-refractivity contribution is -0.193. The lowest BCUT2D eigenvalue weighted by Gasteiger charge is -2.37.